The number of benzene rings is 1. The Bertz CT molecular complexity index is 869. The lowest BCUT2D eigenvalue weighted by Crippen LogP contribution is -2.59. The maximum atomic E-state index is 13.9. The first kappa shape index (κ1) is 30.8. The van der Waals surface area contributed by atoms with Crippen molar-refractivity contribution < 1.29 is 19.1 Å². The number of carbonyl (C=O) groups excluding carboxylic acids is 3. The van der Waals surface area contributed by atoms with Crippen molar-refractivity contribution in [2.75, 3.05) is 5.75 Å². The Morgan fingerprint density at radius 2 is 1.54 bits per heavy atom. The van der Waals surface area contributed by atoms with Crippen molar-refractivity contribution in [2.45, 2.75) is 111 Å². The first-order chi connectivity index (χ1) is 16.0. The summed E-state index contributed by atoms with van der Waals surface area (Å²) in [6.45, 7) is 18.9. The fraction of sp³-hybridized carbons (Fsp3) is 0.667. The summed E-state index contributed by atoms with van der Waals surface area (Å²) >= 11 is 4.34. The van der Waals surface area contributed by atoms with Crippen LogP contribution in [0.5, 0.6) is 0 Å². The minimum atomic E-state index is -0.971. The Labute approximate surface area is 217 Å². The van der Waals surface area contributed by atoms with Crippen LogP contribution in [0.3, 0.4) is 0 Å². The molecule has 0 radical (unpaired) electrons. The van der Waals surface area contributed by atoms with E-state index in [1.165, 1.54) is 0 Å². The molecule has 0 aliphatic heterocycles. The van der Waals surface area contributed by atoms with Crippen LogP contribution in [0.2, 0.25) is 0 Å². The molecule has 198 valence electrons. The van der Waals surface area contributed by atoms with Gasteiger partial charge in [0.1, 0.15) is 17.7 Å². The summed E-state index contributed by atoms with van der Waals surface area (Å²) in [7, 11) is 0. The lowest BCUT2D eigenvalue weighted by molar-refractivity contribution is -0.148. The van der Waals surface area contributed by atoms with Gasteiger partial charge in [0.2, 0.25) is 11.8 Å². The van der Waals surface area contributed by atoms with Crippen LogP contribution in [0.4, 0.5) is 4.79 Å². The molecule has 0 spiro atoms. The van der Waals surface area contributed by atoms with Gasteiger partial charge in [-0.25, -0.2) is 4.79 Å². The van der Waals surface area contributed by atoms with Crippen LogP contribution in [0, 0.1) is 13.8 Å². The number of hydrogen-bond donors (Lipinski definition) is 3. The van der Waals surface area contributed by atoms with Gasteiger partial charge in [-0.3, -0.25) is 9.59 Å². The number of carbonyl (C=O) groups is 3. The highest BCUT2D eigenvalue weighted by Crippen LogP contribution is 2.31. The van der Waals surface area contributed by atoms with E-state index in [4.69, 9.17) is 4.74 Å². The zero-order valence-electron chi connectivity index (χ0n) is 23.1. The number of amides is 3. The second-order valence-corrected chi connectivity index (χ2v) is 11.6. The Hall–Kier alpha value is -2.22. The summed E-state index contributed by atoms with van der Waals surface area (Å²) in [4.78, 5) is 41.7. The van der Waals surface area contributed by atoms with Gasteiger partial charge >= 0.3 is 6.09 Å². The number of nitrogens with zero attached hydrogens (tertiary/aromatic N) is 1. The molecule has 8 heteroatoms. The van der Waals surface area contributed by atoms with Crippen molar-refractivity contribution >= 4 is 30.5 Å². The average molecular weight is 508 g/mol. The third-order valence-electron chi connectivity index (χ3n) is 5.31. The summed E-state index contributed by atoms with van der Waals surface area (Å²) in [5.41, 5.74) is 1.27. The molecular weight excluding hydrogens is 462 g/mol. The van der Waals surface area contributed by atoms with E-state index in [1.807, 2.05) is 59.7 Å². The fourth-order valence-electron chi connectivity index (χ4n) is 4.06. The number of ether oxygens (including phenoxy) is 1. The van der Waals surface area contributed by atoms with Gasteiger partial charge in [-0.2, -0.15) is 12.6 Å². The largest absolute Gasteiger partial charge is 0.444 e. The highest BCUT2D eigenvalue weighted by Gasteiger charge is 2.42. The summed E-state index contributed by atoms with van der Waals surface area (Å²) in [6, 6.07) is 4.00. The van der Waals surface area contributed by atoms with Gasteiger partial charge in [-0.15, -0.1) is 0 Å². The van der Waals surface area contributed by atoms with Crippen LogP contribution in [0.15, 0.2) is 18.2 Å². The maximum Gasteiger partial charge on any atom is 0.408 e. The molecule has 0 bridgehead atoms. The van der Waals surface area contributed by atoms with Crippen LogP contribution >= 0.6 is 12.6 Å². The molecule has 0 aromatic heterocycles. The lowest BCUT2D eigenvalue weighted by Gasteiger charge is -2.43. The molecule has 3 amide bonds. The molecular formula is C27H45N3O4S. The van der Waals surface area contributed by atoms with Gasteiger partial charge < -0.3 is 20.3 Å². The normalized spacial score (nSPS) is 14.5. The number of alkyl carbamates (subject to hydrolysis) is 1. The molecule has 0 aliphatic carbocycles. The molecule has 1 aromatic rings. The molecule has 1 aromatic carbocycles. The average Bonchev–Trinajstić information content (AvgIpc) is 2.66. The second kappa shape index (κ2) is 12.7. The molecule has 3 unspecified atom stereocenters. The van der Waals surface area contributed by atoms with Crippen LogP contribution in [0.25, 0.3) is 0 Å². The molecule has 7 nitrogen and oxygen atoms in total. The Balaban J connectivity index is 3.54. The van der Waals surface area contributed by atoms with Gasteiger partial charge in [0.15, 0.2) is 0 Å². The van der Waals surface area contributed by atoms with Crippen molar-refractivity contribution in [2.24, 2.45) is 0 Å². The van der Waals surface area contributed by atoms with E-state index in [0.717, 1.165) is 29.5 Å². The monoisotopic (exact) mass is 507 g/mol. The smallest absolute Gasteiger partial charge is 0.408 e. The molecule has 0 saturated carbocycles. The molecule has 0 saturated heterocycles. The SMILES string of the molecule is CCCC(C)NC(=O)C(c1cc(C)cc(C)c1)N(C(=O)C(CS)NC(=O)OC(C)(C)C)C(C)(C)C. The standard InChI is InChI=1S/C27H45N3O4S/c1-11-12-19(4)28-23(31)22(20-14-17(2)13-18(3)15-20)30(26(5,6)7)24(32)21(16-35)29-25(33)34-27(8,9)10/h13-15,19,21-22,35H,11-12,16H2,1-10H3,(H,28,31)(H,29,33). The van der Waals surface area contributed by atoms with Crippen LogP contribution < -0.4 is 10.6 Å². The van der Waals surface area contributed by atoms with E-state index in [1.54, 1.807) is 25.7 Å². The molecule has 2 N–H and O–H groups in total. The van der Waals surface area contributed by atoms with Crippen molar-refractivity contribution in [1.29, 1.82) is 0 Å². The van der Waals surface area contributed by atoms with Crippen molar-refractivity contribution in [3.63, 3.8) is 0 Å². The van der Waals surface area contributed by atoms with Gasteiger partial charge in [-0.05, 0) is 74.3 Å². The van der Waals surface area contributed by atoms with E-state index in [0.29, 0.717) is 0 Å². The second-order valence-electron chi connectivity index (χ2n) is 11.3. The van der Waals surface area contributed by atoms with E-state index in [2.05, 4.69) is 30.2 Å². The number of nitrogens with one attached hydrogen (secondary N) is 2. The number of aryl methyl sites for hydroxylation is 2. The van der Waals surface area contributed by atoms with E-state index in [9.17, 15) is 14.4 Å². The zero-order valence-corrected chi connectivity index (χ0v) is 24.0. The van der Waals surface area contributed by atoms with Gasteiger partial charge in [0.05, 0.1) is 0 Å². The van der Waals surface area contributed by atoms with E-state index in [-0.39, 0.29) is 17.7 Å². The third-order valence-corrected chi connectivity index (χ3v) is 5.67. The van der Waals surface area contributed by atoms with Gasteiger partial charge in [-0.1, -0.05) is 42.7 Å². The highest BCUT2D eigenvalue weighted by atomic mass is 32.1. The number of rotatable bonds is 9. The number of hydrogen-bond acceptors (Lipinski definition) is 5. The Morgan fingerprint density at radius 1 is 1.00 bits per heavy atom. The predicted molar refractivity (Wildman–Crippen MR) is 145 cm³/mol. The van der Waals surface area contributed by atoms with Gasteiger partial charge in [0.25, 0.3) is 0 Å². The van der Waals surface area contributed by atoms with Crippen LogP contribution in [-0.2, 0) is 14.3 Å². The molecule has 0 aliphatic rings. The van der Waals surface area contributed by atoms with Gasteiger partial charge in [0, 0.05) is 17.3 Å². The fourth-order valence-corrected chi connectivity index (χ4v) is 4.31. The summed E-state index contributed by atoms with van der Waals surface area (Å²) < 4.78 is 5.36. The van der Waals surface area contributed by atoms with E-state index >= 15 is 0 Å². The molecule has 1 rings (SSSR count). The Kier molecular flexibility index (Phi) is 11.1. The molecule has 0 heterocycles. The predicted octanol–water partition coefficient (Wildman–Crippen LogP) is 5.10. The van der Waals surface area contributed by atoms with E-state index < -0.39 is 35.2 Å². The van der Waals surface area contributed by atoms with Crippen molar-refractivity contribution in [1.82, 2.24) is 15.5 Å². The summed E-state index contributed by atoms with van der Waals surface area (Å²) in [6.07, 6.45) is 1.05. The van der Waals surface area contributed by atoms with Crippen LogP contribution in [-0.4, -0.2) is 51.8 Å². The van der Waals surface area contributed by atoms with Crippen LogP contribution in [0.1, 0.15) is 91.0 Å². The lowest BCUT2D eigenvalue weighted by atomic mass is 9.93. The summed E-state index contributed by atoms with van der Waals surface area (Å²) in [5.74, 6) is -0.604. The Morgan fingerprint density at radius 3 is 1.97 bits per heavy atom. The minimum Gasteiger partial charge on any atom is -0.444 e. The molecule has 0 fully saturated rings. The number of thiol groups is 1. The quantitative estimate of drug-likeness (QED) is 0.406. The maximum absolute atomic E-state index is 13.9. The first-order valence-electron chi connectivity index (χ1n) is 12.3. The topological polar surface area (TPSA) is 87.7 Å². The minimum absolute atomic E-state index is 0.0432. The van der Waals surface area contributed by atoms with Crippen molar-refractivity contribution in [3.05, 3.63) is 34.9 Å². The first-order valence-corrected chi connectivity index (χ1v) is 13.0. The molecule has 3 atom stereocenters. The van der Waals surface area contributed by atoms with Crippen molar-refractivity contribution in [3.8, 4) is 0 Å². The molecule has 35 heavy (non-hydrogen) atoms. The zero-order chi connectivity index (χ0) is 27.1. The highest BCUT2D eigenvalue weighted by molar-refractivity contribution is 7.80. The summed E-state index contributed by atoms with van der Waals surface area (Å²) in [5, 5.41) is 5.73. The third kappa shape index (κ3) is 9.74.